The Balaban J connectivity index is 0.00000324. The van der Waals surface area contributed by atoms with Gasteiger partial charge in [-0.15, -0.1) is 0 Å². The predicted octanol–water partition coefficient (Wildman–Crippen LogP) is 4.56. The van der Waals surface area contributed by atoms with E-state index in [9.17, 15) is 0 Å². The SMILES string of the molecule is CC(C)(C)c1cc2c(c(C(C)(C)C)c1)O[B-]1(O2)Oc2cc(C(C)(C)C)cc(C(C)(C)C)c2O1.[Li+]. The van der Waals surface area contributed by atoms with Gasteiger partial charge in [0.1, 0.15) is 23.0 Å². The molecule has 2 aliphatic heterocycles. The molecule has 4 rings (SSSR count). The van der Waals surface area contributed by atoms with Crippen molar-refractivity contribution in [3.8, 4) is 23.0 Å². The fourth-order valence-electron chi connectivity index (χ4n) is 4.35. The summed E-state index contributed by atoms with van der Waals surface area (Å²) in [5, 5.41) is 0. The minimum absolute atomic E-state index is 0. The van der Waals surface area contributed by atoms with E-state index in [1.807, 2.05) is 0 Å². The predicted molar refractivity (Wildman–Crippen MR) is 136 cm³/mol. The molecule has 0 saturated carbocycles. The van der Waals surface area contributed by atoms with Gasteiger partial charge < -0.3 is 18.6 Å². The molecule has 2 aromatic rings. The van der Waals surface area contributed by atoms with E-state index < -0.39 is 6.96 Å². The van der Waals surface area contributed by atoms with E-state index in [-0.39, 0.29) is 40.5 Å². The van der Waals surface area contributed by atoms with E-state index in [1.54, 1.807) is 0 Å². The Morgan fingerprint density at radius 3 is 1.06 bits per heavy atom. The van der Waals surface area contributed by atoms with Crippen LogP contribution in [0.25, 0.3) is 0 Å². The normalized spacial score (nSPS) is 16.6. The van der Waals surface area contributed by atoms with Crippen molar-refractivity contribution in [1.82, 2.24) is 0 Å². The third kappa shape index (κ3) is 4.71. The van der Waals surface area contributed by atoms with Crippen molar-refractivity contribution in [3.63, 3.8) is 0 Å². The van der Waals surface area contributed by atoms with E-state index in [0.717, 1.165) is 22.6 Å². The second-order valence-corrected chi connectivity index (χ2v) is 13.8. The topological polar surface area (TPSA) is 36.9 Å². The maximum absolute atomic E-state index is 6.45. The molecular weight excluding hydrogens is 418 g/mol. The molecule has 0 fully saturated rings. The Bertz CT molecular complexity index is 1020. The van der Waals surface area contributed by atoms with Crippen LogP contribution in [0.5, 0.6) is 23.0 Å². The fraction of sp³-hybridized carbons (Fsp3) is 0.571. The van der Waals surface area contributed by atoms with Crippen molar-refractivity contribution >= 4 is 6.96 Å². The smallest absolute Gasteiger partial charge is 0.609 e. The van der Waals surface area contributed by atoms with Crippen LogP contribution in [0.1, 0.15) is 105 Å². The van der Waals surface area contributed by atoms with Gasteiger partial charge in [0, 0.05) is 0 Å². The largest absolute Gasteiger partial charge is 1.00 e. The molecule has 0 aromatic heterocycles. The van der Waals surface area contributed by atoms with Crippen LogP contribution in [0.4, 0.5) is 0 Å². The summed E-state index contributed by atoms with van der Waals surface area (Å²) in [4.78, 5) is 0. The Kier molecular flexibility index (Phi) is 6.25. The van der Waals surface area contributed by atoms with Gasteiger partial charge in [0.25, 0.3) is 0 Å². The summed E-state index contributed by atoms with van der Waals surface area (Å²) in [6, 6.07) is 8.61. The van der Waals surface area contributed by atoms with Gasteiger partial charge in [-0.3, -0.25) is 0 Å². The molecular formula is C28H40BLiO4. The molecule has 2 heterocycles. The van der Waals surface area contributed by atoms with Crippen LogP contribution in [0.3, 0.4) is 0 Å². The van der Waals surface area contributed by atoms with Crippen molar-refractivity contribution in [1.29, 1.82) is 0 Å². The van der Waals surface area contributed by atoms with Crippen LogP contribution in [0.2, 0.25) is 0 Å². The molecule has 2 aromatic carbocycles. The molecule has 0 aliphatic carbocycles. The molecule has 0 saturated heterocycles. The van der Waals surface area contributed by atoms with Gasteiger partial charge in [-0.2, -0.15) is 0 Å². The molecule has 1 spiro atoms. The summed E-state index contributed by atoms with van der Waals surface area (Å²) in [6.07, 6.45) is 0. The van der Waals surface area contributed by atoms with Crippen LogP contribution in [0, 0.1) is 0 Å². The molecule has 2 aliphatic rings. The summed E-state index contributed by atoms with van der Waals surface area (Å²) >= 11 is 0. The molecule has 0 amide bonds. The first kappa shape index (κ1) is 26.9. The third-order valence-corrected chi connectivity index (χ3v) is 6.52. The Morgan fingerprint density at radius 2 is 0.794 bits per heavy atom. The number of fused-ring (bicyclic) bond motifs is 2. The quantitative estimate of drug-likeness (QED) is 0.543. The van der Waals surface area contributed by atoms with Crippen LogP contribution < -0.4 is 37.5 Å². The van der Waals surface area contributed by atoms with Gasteiger partial charge in [-0.25, -0.2) is 0 Å². The standard InChI is InChI=1S/C28H40BO4.Li/c1-25(2,3)17-13-19(27(7,8)9)23-21(15-17)30-29(32-23)31-22-16-18(26(4,5)6)14-20(24(22)33-29)28(10,11)12;/h13-16H,1-12H3;/q-1;+1. The van der Waals surface area contributed by atoms with Gasteiger partial charge >= 0.3 is 25.8 Å². The summed E-state index contributed by atoms with van der Waals surface area (Å²) in [6.45, 7) is 23.9. The maximum Gasteiger partial charge on any atom is 1.00 e. The average molecular weight is 458 g/mol. The first-order valence-electron chi connectivity index (χ1n) is 12.1. The van der Waals surface area contributed by atoms with E-state index >= 15 is 0 Å². The van der Waals surface area contributed by atoms with Crippen LogP contribution in [0.15, 0.2) is 24.3 Å². The molecule has 0 N–H and O–H groups in total. The summed E-state index contributed by atoms with van der Waals surface area (Å²) < 4.78 is 25.7. The van der Waals surface area contributed by atoms with Gasteiger partial charge in [0.15, 0.2) is 0 Å². The Morgan fingerprint density at radius 1 is 0.471 bits per heavy atom. The second kappa shape index (κ2) is 7.90. The molecule has 0 radical (unpaired) electrons. The number of benzene rings is 2. The number of hydrogen-bond acceptors (Lipinski definition) is 4. The average Bonchev–Trinajstić information content (AvgIpc) is 3.14. The molecule has 6 heteroatoms. The first-order valence-corrected chi connectivity index (χ1v) is 12.1. The van der Waals surface area contributed by atoms with Gasteiger partial charge in [-0.05, 0) is 56.0 Å². The molecule has 0 atom stereocenters. The first-order chi connectivity index (χ1) is 14.8. The zero-order valence-electron chi connectivity index (χ0n) is 23.5. The zero-order valence-corrected chi connectivity index (χ0v) is 23.5. The van der Waals surface area contributed by atoms with Gasteiger partial charge in [0.2, 0.25) is 0 Å². The molecule has 0 bridgehead atoms. The monoisotopic (exact) mass is 458 g/mol. The maximum atomic E-state index is 6.45. The Labute approximate surface area is 218 Å². The summed E-state index contributed by atoms with van der Waals surface area (Å²) in [5.41, 5.74) is 4.28. The molecule has 4 nitrogen and oxygen atoms in total. The van der Waals surface area contributed by atoms with E-state index in [1.165, 1.54) is 11.1 Å². The van der Waals surface area contributed by atoms with Gasteiger partial charge in [-0.1, -0.05) is 95.2 Å². The Hall–Kier alpha value is -1.70. The van der Waals surface area contributed by atoms with Crippen molar-refractivity contribution in [2.45, 2.75) is 105 Å². The van der Waals surface area contributed by atoms with Gasteiger partial charge in [0.05, 0.1) is 0 Å². The third-order valence-electron chi connectivity index (χ3n) is 6.52. The fourth-order valence-corrected chi connectivity index (χ4v) is 4.35. The minimum Gasteiger partial charge on any atom is -0.609 e. The van der Waals surface area contributed by atoms with Crippen molar-refractivity contribution in [2.24, 2.45) is 0 Å². The molecule has 0 unspecified atom stereocenters. The van der Waals surface area contributed by atoms with E-state index in [4.69, 9.17) is 18.6 Å². The molecule has 34 heavy (non-hydrogen) atoms. The zero-order chi connectivity index (χ0) is 24.8. The minimum atomic E-state index is -2.46. The van der Waals surface area contributed by atoms with Crippen LogP contribution in [-0.4, -0.2) is 6.96 Å². The number of rotatable bonds is 0. The summed E-state index contributed by atoms with van der Waals surface area (Å²) in [5.74, 6) is 2.82. The van der Waals surface area contributed by atoms with Crippen molar-refractivity contribution < 1.29 is 37.5 Å². The summed E-state index contributed by atoms with van der Waals surface area (Å²) in [7, 11) is 0. The van der Waals surface area contributed by atoms with Crippen molar-refractivity contribution in [2.75, 3.05) is 0 Å². The van der Waals surface area contributed by atoms with E-state index in [2.05, 4.69) is 107 Å². The second-order valence-electron chi connectivity index (χ2n) is 13.8. The number of hydrogen-bond donors (Lipinski definition) is 0. The van der Waals surface area contributed by atoms with Crippen LogP contribution in [-0.2, 0) is 21.7 Å². The van der Waals surface area contributed by atoms with Crippen molar-refractivity contribution in [3.05, 3.63) is 46.5 Å². The molecule has 180 valence electrons. The van der Waals surface area contributed by atoms with E-state index in [0.29, 0.717) is 11.5 Å². The van der Waals surface area contributed by atoms with Crippen LogP contribution >= 0.6 is 0 Å².